The summed E-state index contributed by atoms with van der Waals surface area (Å²) in [5.41, 5.74) is 1.44. The van der Waals surface area contributed by atoms with Gasteiger partial charge in [-0.2, -0.15) is 0 Å². The number of ketones is 1. The number of hydrogen-bond acceptors (Lipinski definition) is 2. The number of benzene rings is 1. The van der Waals surface area contributed by atoms with Gasteiger partial charge in [-0.3, -0.25) is 4.79 Å². The van der Waals surface area contributed by atoms with Crippen molar-refractivity contribution in [2.24, 2.45) is 0 Å². The molecule has 1 aliphatic rings. The maximum atomic E-state index is 12.5. The molecule has 2 nitrogen and oxygen atoms in total. The summed E-state index contributed by atoms with van der Waals surface area (Å²) >= 11 is 0. The Balaban J connectivity index is 1.76. The first-order valence-corrected chi connectivity index (χ1v) is 8.73. The van der Waals surface area contributed by atoms with Crippen molar-refractivity contribution in [3.05, 3.63) is 84.2 Å². The van der Waals surface area contributed by atoms with Crippen molar-refractivity contribution in [2.45, 2.75) is 38.5 Å². The zero-order chi connectivity index (χ0) is 17.0. The third-order valence-corrected chi connectivity index (χ3v) is 3.95. The van der Waals surface area contributed by atoms with Crippen molar-refractivity contribution in [3.63, 3.8) is 0 Å². The number of ether oxygens (including phenoxy) is 1. The van der Waals surface area contributed by atoms with Gasteiger partial charge in [0.2, 0.25) is 0 Å². The predicted octanol–water partition coefficient (Wildman–Crippen LogP) is 5.79. The summed E-state index contributed by atoms with van der Waals surface area (Å²) in [6.07, 6.45) is 16.2. The quantitative estimate of drug-likeness (QED) is 0.309. The van der Waals surface area contributed by atoms with E-state index < -0.39 is 0 Å². The summed E-state index contributed by atoms with van der Waals surface area (Å²) in [4.78, 5) is 12.5. The molecular weight excluding hydrogens is 296 g/mol. The summed E-state index contributed by atoms with van der Waals surface area (Å²) in [5, 5.41) is 0. The molecule has 0 unspecified atom stereocenters. The topological polar surface area (TPSA) is 26.3 Å². The maximum Gasteiger partial charge on any atom is 0.192 e. The zero-order valence-electron chi connectivity index (χ0n) is 14.2. The average Bonchev–Trinajstić information content (AvgIpc) is 2.87. The van der Waals surface area contributed by atoms with Gasteiger partial charge in [-0.1, -0.05) is 55.3 Å². The summed E-state index contributed by atoms with van der Waals surface area (Å²) in [7, 11) is 0. The highest BCUT2D eigenvalue weighted by Gasteiger charge is 2.10. The Morgan fingerprint density at radius 2 is 1.83 bits per heavy atom. The monoisotopic (exact) mass is 322 g/mol. The highest BCUT2D eigenvalue weighted by molar-refractivity contribution is 6.10. The number of Topliss-reactive ketones (excluding diaryl/α,β-unsaturated/α-hetero) is 1. The fourth-order valence-electron chi connectivity index (χ4n) is 2.58. The summed E-state index contributed by atoms with van der Waals surface area (Å²) in [6.45, 7) is 4.46. The maximum absolute atomic E-state index is 12.5. The van der Waals surface area contributed by atoms with Gasteiger partial charge in [-0.15, -0.1) is 6.58 Å². The van der Waals surface area contributed by atoms with Crippen LogP contribution in [0.25, 0.3) is 0 Å². The Bertz CT molecular complexity index is 621. The van der Waals surface area contributed by atoms with Crippen LogP contribution in [0.1, 0.15) is 48.9 Å². The number of hydrogen-bond donors (Lipinski definition) is 0. The van der Waals surface area contributed by atoms with Gasteiger partial charge in [-0.25, -0.2) is 0 Å². The van der Waals surface area contributed by atoms with Gasteiger partial charge in [0.25, 0.3) is 0 Å². The van der Waals surface area contributed by atoms with E-state index >= 15 is 0 Å². The van der Waals surface area contributed by atoms with Crippen LogP contribution in [0.3, 0.4) is 0 Å². The molecule has 0 amide bonds. The van der Waals surface area contributed by atoms with Crippen LogP contribution in [0.5, 0.6) is 0 Å². The lowest BCUT2D eigenvalue weighted by molar-refractivity contribution is 0.103. The summed E-state index contributed by atoms with van der Waals surface area (Å²) in [5.74, 6) is 0.914. The molecule has 1 aromatic rings. The number of rotatable bonds is 10. The van der Waals surface area contributed by atoms with Crippen molar-refractivity contribution in [1.82, 2.24) is 0 Å². The molecule has 0 aliphatic heterocycles. The Kier molecular flexibility index (Phi) is 7.82. The van der Waals surface area contributed by atoms with E-state index in [1.165, 1.54) is 19.3 Å². The minimum atomic E-state index is 0.0590. The van der Waals surface area contributed by atoms with Crippen LogP contribution in [0.4, 0.5) is 0 Å². The molecule has 0 N–H and O–H groups in total. The van der Waals surface area contributed by atoms with Gasteiger partial charge in [0.05, 0.1) is 6.61 Å². The molecule has 24 heavy (non-hydrogen) atoms. The molecule has 2 heteroatoms. The second kappa shape index (κ2) is 10.4. The minimum absolute atomic E-state index is 0.0590. The van der Waals surface area contributed by atoms with Gasteiger partial charge in [0.15, 0.2) is 5.78 Å². The third-order valence-electron chi connectivity index (χ3n) is 3.95. The number of allylic oxidation sites excluding steroid dienone is 6. The van der Waals surface area contributed by atoms with Crippen LogP contribution < -0.4 is 0 Å². The fourth-order valence-corrected chi connectivity index (χ4v) is 2.58. The van der Waals surface area contributed by atoms with E-state index in [0.717, 1.165) is 42.8 Å². The predicted molar refractivity (Wildman–Crippen MR) is 99.9 cm³/mol. The number of unbranched alkanes of at least 4 members (excludes halogenated alkanes) is 4. The van der Waals surface area contributed by atoms with E-state index in [-0.39, 0.29) is 5.78 Å². The Hall–Kier alpha value is -2.35. The van der Waals surface area contributed by atoms with Gasteiger partial charge < -0.3 is 4.74 Å². The van der Waals surface area contributed by atoms with Crippen LogP contribution in [0.15, 0.2) is 78.6 Å². The third kappa shape index (κ3) is 6.04. The van der Waals surface area contributed by atoms with E-state index in [4.69, 9.17) is 4.74 Å². The lowest BCUT2D eigenvalue weighted by Gasteiger charge is -2.06. The lowest BCUT2D eigenvalue weighted by atomic mass is 10.0. The Morgan fingerprint density at radius 1 is 1.04 bits per heavy atom. The van der Waals surface area contributed by atoms with Crippen molar-refractivity contribution >= 4 is 5.78 Å². The van der Waals surface area contributed by atoms with Crippen LogP contribution in [0, 0.1) is 0 Å². The second-order valence-corrected chi connectivity index (χ2v) is 5.87. The van der Waals surface area contributed by atoms with E-state index in [2.05, 4.69) is 6.58 Å². The SMILES string of the molecule is C=CCCCCCCOC1=CCC=C(C(=O)c2ccccc2)C=C1. The van der Waals surface area contributed by atoms with Crippen LogP contribution >= 0.6 is 0 Å². The fraction of sp³-hybridized carbons (Fsp3) is 0.318. The van der Waals surface area contributed by atoms with E-state index in [1.54, 1.807) is 0 Å². The zero-order valence-corrected chi connectivity index (χ0v) is 14.2. The lowest BCUT2D eigenvalue weighted by Crippen LogP contribution is -2.01. The Labute approximate surface area is 145 Å². The number of carbonyl (C=O) groups excluding carboxylic acids is 1. The molecule has 0 spiro atoms. The van der Waals surface area contributed by atoms with Crippen molar-refractivity contribution in [2.75, 3.05) is 6.61 Å². The Morgan fingerprint density at radius 3 is 2.62 bits per heavy atom. The van der Waals surface area contributed by atoms with Crippen LogP contribution in [-0.4, -0.2) is 12.4 Å². The van der Waals surface area contributed by atoms with Crippen LogP contribution in [-0.2, 0) is 4.74 Å². The first-order chi connectivity index (χ1) is 11.8. The van der Waals surface area contributed by atoms with Crippen molar-refractivity contribution in [3.8, 4) is 0 Å². The summed E-state index contributed by atoms with van der Waals surface area (Å²) < 4.78 is 5.81. The molecule has 0 fully saturated rings. The van der Waals surface area contributed by atoms with Gasteiger partial charge in [-0.05, 0) is 43.9 Å². The second-order valence-electron chi connectivity index (χ2n) is 5.87. The molecule has 0 atom stereocenters. The van der Waals surface area contributed by atoms with E-state index in [9.17, 15) is 4.79 Å². The minimum Gasteiger partial charge on any atom is -0.494 e. The van der Waals surface area contributed by atoms with Gasteiger partial charge in [0.1, 0.15) is 5.76 Å². The first-order valence-electron chi connectivity index (χ1n) is 8.73. The van der Waals surface area contributed by atoms with Crippen molar-refractivity contribution < 1.29 is 9.53 Å². The van der Waals surface area contributed by atoms with E-state index in [1.807, 2.05) is 60.7 Å². The smallest absolute Gasteiger partial charge is 0.192 e. The standard InChI is InChI=1S/C22H26O2/c1-2-3-4-5-6-10-18-24-21-15-11-14-20(16-17-21)22(23)19-12-8-7-9-13-19/h2,7-9,12-17H,1,3-6,10-11,18H2. The molecule has 0 aromatic heterocycles. The highest BCUT2D eigenvalue weighted by atomic mass is 16.5. The molecule has 0 radical (unpaired) electrons. The van der Waals surface area contributed by atoms with Crippen LogP contribution in [0.2, 0.25) is 0 Å². The molecular formula is C22H26O2. The van der Waals surface area contributed by atoms with Crippen molar-refractivity contribution in [1.29, 1.82) is 0 Å². The van der Waals surface area contributed by atoms with E-state index in [0.29, 0.717) is 0 Å². The normalized spacial score (nSPS) is 13.7. The first kappa shape index (κ1) is 18.0. The molecule has 126 valence electrons. The molecule has 0 bridgehead atoms. The summed E-state index contributed by atoms with van der Waals surface area (Å²) in [6, 6.07) is 9.38. The van der Waals surface area contributed by atoms with Gasteiger partial charge in [0, 0.05) is 11.1 Å². The molecule has 1 aliphatic carbocycles. The largest absolute Gasteiger partial charge is 0.494 e. The number of carbonyl (C=O) groups is 1. The molecule has 0 heterocycles. The average molecular weight is 322 g/mol. The molecule has 1 aromatic carbocycles. The molecule has 0 saturated carbocycles. The molecule has 0 saturated heterocycles. The molecule has 2 rings (SSSR count). The van der Waals surface area contributed by atoms with Gasteiger partial charge >= 0.3 is 0 Å². The highest BCUT2D eigenvalue weighted by Crippen LogP contribution is 2.16.